The Bertz CT molecular complexity index is 2820. The van der Waals surface area contributed by atoms with Crippen LogP contribution in [0.5, 0.6) is 0 Å². The van der Waals surface area contributed by atoms with Crippen LogP contribution >= 0.6 is 11.3 Å². The molecule has 0 aliphatic carbocycles. The first-order valence-corrected chi connectivity index (χ1v) is 17.9. The van der Waals surface area contributed by atoms with Crippen LogP contribution in [0.15, 0.2) is 177 Å². The van der Waals surface area contributed by atoms with Crippen molar-refractivity contribution in [1.82, 2.24) is 14.5 Å². The van der Waals surface area contributed by atoms with Crippen molar-refractivity contribution in [2.45, 2.75) is 6.92 Å². The van der Waals surface area contributed by atoms with Gasteiger partial charge in [0.05, 0.1) is 16.7 Å². The number of benzene rings is 6. The number of nitrogens with zero attached hydrogens (tertiary/aromatic N) is 3. The van der Waals surface area contributed by atoms with Crippen molar-refractivity contribution < 1.29 is 0 Å². The maximum Gasteiger partial charge on any atom is 0.235 e. The van der Waals surface area contributed by atoms with E-state index in [1.165, 1.54) is 47.6 Å². The fraction of sp³-hybridized carbons (Fsp3) is 0.0213. The van der Waals surface area contributed by atoms with Crippen molar-refractivity contribution in [2.24, 2.45) is 0 Å². The van der Waals surface area contributed by atoms with E-state index < -0.39 is 0 Å². The third-order valence-electron chi connectivity index (χ3n) is 9.66. The van der Waals surface area contributed by atoms with Gasteiger partial charge in [0.25, 0.3) is 0 Å². The molecule has 0 fully saturated rings. The van der Waals surface area contributed by atoms with Gasteiger partial charge in [0, 0.05) is 42.7 Å². The monoisotopic (exact) mass is 671 g/mol. The van der Waals surface area contributed by atoms with E-state index in [-0.39, 0.29) is 0 Å². The average molecular weight is 672 g/mol. The van der Waals surface area contributed by atoms with E-state index in [4.69, 9.17) is 9.97 Å². The minimum atomic E-state index is 0.653. The van der Waals surface area contributed by atoms with Gasteiger partial charge in [0.1, 0.15) is 0 Å². The van der Waals surface area contributed by atoms with Gasteiger partial charge in [-0.25, -0.2) is 9.97 Å². The molecule has 0 radical (unpaired) electrons. The highest BCUT2D eigenvalue weighted by atomic mass is 32.1. The van der Waals surface area contributed by atoms with Crippen molar-refractivity contribution in [3.8, 4) is 28.3 Å². The smallest absolute Gasteiger partial charge is 0.235 e. The topological polar surface area (TPSA) is 30.7 Å². The Balaban J connectivity index is 1.08. The molecule has 9 rings (SSSR count). The van der Waals surface area contributed by atoms with Crippen LogP contribution < -0.4 is 0 Å². The minimum Gasteiger partial charge on any atom is -0.278 e. The van der Waals surface area contributed by atoms with Gasteiger partial charge < -0.3 is 0 Å². The van der Waals surface area contributed by atoms with E-state index >= 15 is 0 Å². The quantitative estimate of drug-likeness (QED) is 0.158. The molecule has 0 N–H and O–H groups in total. The molecular weight excluding hydrogens is 639 g/mol. The zero-order valence-electron chi connectivity index (χ0n) is 28.1. The number of allylic oxidation sites excluding steroid dienone is 5. The van der Waals surface area contributed by atoms with E-state index in [1.54, 1.807) is 0 Å². The maximum absolute atomic E-state index is 5.16. The number of para-hydroxylation sites is 1. The van der Waals surface area contributed by atoms with Gasteiger partial charge in [-0.05, 0) is 64.6 Å². The first kappa shape index (κ1) is 30.7. The van der Waals surface area contributed by atoms with E-state index in [0.29, 0.717) is 5.95 Å². The summed E-state index contributed by atoms with van der Waals surface area (Å²) in [5.41, 5.74) is 11.0. The molecule has 3 nitrogen and oxygen atoms in total. The summed E-state index contributed by atoms with van der Waals surface area (Å²) in [5.74, 6) is 0.653. The number of thiophene rings is 1. The third-order valence-corrected chi connectivity index (χ3v) is 10.9. The fourth-order valence-corrected chi connectivity index (χ4v) is 8.24. The molecule has 3 heterocycles. The summed E-state index contributed by atoms with van der Waals surface area (Å²) in [6, 6.07) is 51.5. The Morgan fingerprint density at radius 3 is 2.24 bits per heavy atom. The second kappa shape index (κ2) is 12.8. The standard InChI is InChI=1S/C47H33N3S/c1-31(33-14-4-3-5-15-33)12-10-13-32(2)34-22-24-35(25-23-34)42-28-29-48-47(49-42)50-43-20-8-6-16-38(43)39-27-26-36(30-44(39)50)37-18-11-19-41-40-17-7-9-21-45(40)51-46(37)41/h3-30H,1H2,2H3/b12-10-,32-13+. The summed E-state index contributed by atoms with van der Waals surface area (Å²) >= 11 is 1.86. The average Bonchev–Trinajstić information content (AvgIpc) is 3.74. The molecule has 0 aliphatic rings. The highest BCUT2D eigenvalue weighted by Gasteiger charge is 2.17. The first-order valence-electron chi connectivity index (χ1n) is 17.1. The number of rotatable bonds is 7. The lowest BCUT2D eigenvalue weighted by Crippen LogP contribution is -2.01. The number of hydrogen-bond acceptors (Lipinski definition) is 3. The Morgan fingerprint density at radius 2 is 1.37 bits per heavy atom. The highest BCUT2D eigenvalue weighted by Crippen LogP contribution is 2.41. The zero-order chi connectivity index (χ0) is 34.3. The lowest BCUT2D eigenvalue weighted by Gasteiger charge is -2.10. The summed E-state index contributed by atoms with van der Waals surface area (Å²) in [5, 5.41) is 4.97. The van der Waals surface area contributed by atoms with Crippen LogP contribution in [0.4, 0.5) is 0 Å². The summed E-state index contributed by atoms with van der Waals surface area (Å²) < 4.78 is 4.82. The molecule has 242 valence electrons. The summed E-state index contributed by atoms with van der Waals surface area (Å²) in [7, 11) is 0. The van der Waals surface area contributed by atoms with Gasteiger partial charge in [-0.15, -0.1) is 11.3 Å². The minimum absolute atomic E-state index is 0.653. The maximum atomic E-state index is 5.16. The zero-order valence-corrected chi connectivity index (χ0v) is 28.9. The molecule has 0 bridgehead atoms. The molecule has 4 heteroatoms. The van der Waals surface area contributed by atoms with Gasteiger partial charge in [0.15, 0.2) is 0 Å². The molecular formula is C47H33N3S. The van der Waals surface area contributed by atoms with Crippen LogP contribution in [-0.4, -0.2) is 14.5 Å². The highest BCUT2D eigenvalue weighted by molar-refractivity contribution is 7.26. The normalized spacial score (nSPS) is 12.1. The van der Waals surface area contributed by atoms with Crippen LogP contribution in [0, 0.1) is 0 Å². The van der Waals surface area contributed by atoms with Crippen LogP contribution in [0.25, 0.3) is 81.5 Å². The molecule has 0 spiro atoms. The summed E-state index contributed by atoms with van der Waals surface area (Å²) in [6.45, 7) is 6.34. The Hall–Kier alpha value is -6.36. The fourth-order valence-electron chi connectivity index (χ4n) is 7.00. The Labute approximate surface area is 300 Å². The molecule has 0 aliphatic heterocycles. The first-order chi connectivity index (χ1) is 25.1. The SMILES string of the molecule is C=C(/C=C\C=C(/C)c1ccc(-c2ccnc(-n3c4ccccc4c4ccc(-c5cccc6c5sc5ccccc56)cc43)n2)cc1)c1ccccc1. The Morgan fingerprint density at radius 1 is 0.647 bits per heavy atom. The molecule has 0 amide bonds. The van der Waals surface area contributed by atoms with Crippen molar-refractivity contribution in [2.75, 3.05) is 0 Å². The van der Waals surface area contributed by atoms with Crippen LogP contribution in [0.2, 0.25) is 0 Å². The molecule has 51 heavy (non-hydrogen) atoms. The van der Waals surface area contributed by atoms with Gasteiger partial charge in [-0.1, -0.05) is 146 Å². The lowest BCUT2D eigenvalue weighted by atomic mass is 10.0. The van der Waals surface area contributed by atoms with E-state index in [1.807, 2.05) is 41.8 Å². The molecule has 0 saturated heterocycles. The van der Waals surface area contributed by atoms with E-state index in [2.05, 4.69) is 158 Å². The largest absolute Gasteiger partial charge is 0.278 e. The summed E-state index contributed by atoms with van der Waals surface area (Å²) in [4.78, 5) is 9.99. The molecule has 6 aromatic carbocycles. The van der Waals surface area contributed by atoms with Crippen LogP contribution in [0.1, 0.15) is 18.1 Å². The van der Waals surface area contributed by atoms with Crippen LogP contribution in [0.3, 0.4) is 0 Å². The number of aromatic nitrogens is 3. The van der Waals surface area contributed by atoms with Crippen molar-refractivity contribution in [3.63, 3.8) is 0 Å². The predicted molar refractivity (Wildman–Crippen MR) is 218 cm³/mol. The van der Waals surface area contributed by atoms with Gasteiger partial charge in [0.2, 0.25) is 5.95 Å². The second-order valence-electron chi connectivity index (χ2n) is 12.8. The number of hydrogen-bond donors (Lipinski definition) is 0. The van der Waals surface area contributed by atoms with E-state index in [0.717, 1.165) is 39.0 Å². The molecule has 3 aromatic heterocycles. The van der Waals surface area contributed by atoms with Crippen molar-refractivity contribution in [3.05, 3.63) is 188 Å². The molecule has 0 atom stereocenters. The van der Waals surface area contributed by atoms with Gasteiger partial charge in [-0.2, -0.15) is 0 Å². The number of fused-ring (bicyclic) bond motifs is 6. The van der Waals surface area contributed by atoms with E-state index in [9.17, 15) is 0 Å². The summed E-state index contributed by atoms with van der Waals surface area (Å²) in [6.07, 6.45) is 8.11. The Kier molecular flexibility index (Phi) is 7.72. The van der Waals surface area contributed by atoms with Gasteiger partial charge >= 0.3 is 0 Å². The molecule has 9 aromatic rings. The predicted octanol–water partition coefficient (Wildman–Crippen LogP) is 12.9. The van der Waals surface area contributed by atoms with Crippen molar-refractivity contribution >= 4 is 64.5 Å². The van der Waals surface area contributed by atoms with Crippen molar-refractivity contribution in [1.29, 1.82) is 0 Å². The second-order valence-corrected chi connectivity index (χ2v) is 13.8. The van der Waals surface area contributed by atoms with Gasteiger partial charge in [-0.3, -0.25) is 4.57 Å². The molecule has 0 unspecified atom stereocenters. The lowest BCUT2D eigenvalue weighted by molar-refractivity contribution is 0.992. The molecule has 0 saturated carbocycles. The third kappa shape index (κ3) is 5.56. The van der Waals surface area contributed by atoms with Crippen LogP contribution in [-0.2, 0) is 0 Å².